The number of hydrogen-bond acceptors (Lipinski definition) is 4. The maximum Gasteiger partial charge on any atom is 0.261 e. The normalized spacial score (nSPS) is 10.4. The van der Waals surface area contributed by atoms with Crippen LogP contribution in [0.2, 0.25) is 0 Å². The molecule has 112 valence electrons. The number of rotatable bonds is 6. The summed E-state index contributed by atoms with van der Waals surface area (Å²) in [5.41, 5.74) is 0. The molecule has 2 N–H and O–H groups in total. The van der Waals surface area contributed by atoms with Gasteiger partial charge in [-0.15, -0.1) is 22.7 Å². The van der Waals surface area contributed by atoms with Crippen molar-refractivity contribution in [2.45, 2.75) is 13.3 Å². The third-order valence-corrected chi connectivity index (χ3v) is 5.38. The van der Waals surface area contributed by atoms with E-state index in [0.717, 1.165) is 15.1 Å². The lowest BCUT2D eigenvalue weighted by atomic mass is 10.3. The Morgan fingerprint density at radius 3 is 2.57 bits per heavy atom. The molecule has 0 saturated carbocycles. The largest absolute Gasteiger partial charge is 0.354 e. The molecule has 0 atom stereocenters. The van der Waals surface area contributed by atoms with Crippen LogP contribution >= 0.6 is 38.6 Å². The lowest BCUT2D eigenvalue weighted by Gasteiger charge is -2.05. The highest BCUT2D eigenvalue weighted by atomic mass is 79.9. The molecule has 2 heterocycles. The first-order valence-electron chi connectivity index (χ1n) is 6.40. The lowest BCUT2D eigenvalue weighted by Crippen LogP contribution is -2.37. The predicted molar refractivity (Wildman–Crippen MR) is 90.1 cm³/mol. The first-order chi connectivity index (χ1) is 10.0. The summed E-state index contributed by atoms with van der Waals surface area (Å²) in [4.78, 5) is 26.3. The summed E-state index contributed by atoms with van der Waals surface area (Å²) in [6.07, 6.45) is 0.792. The molecule has 0 aliphatic carbocycles. The van der Waals surface area contributed by atoms with Gasteiger partial charge >= 0.3 is 0 Å². The minimum Gasteiger partial charge on any atom is -0.354 e. The van der Waals surface area contributed by atoms with E-state index in [1.165, 1.54) is 16.2 Å². The summed E-state index contributed by atoms with van der Waals surface area (Å²) in [7, 11) is 0. The van der Waals surface area contributed by atoms with Crippen molar-refractivity contribution in [2.24, 2.45) is 0 Å². The van der Waals surface area contributed by atoms with Gasteiger partial charge in [-0.1, -0.05) is 0 Å². The van der Waals surface area contributed by atoms with Crippen LogP contribution in [-0.4, -0.2) is 24.9 Å². The summed E-state index contributed by atoms with van der Waals surface area (Å²) >= 11 is 6.47. The lowest BCUT2D eigenvalue weighted by molar-refractivity contribution is -0.120. The third kappa shape index (κ3) is 5.26. The Balaban J connectivity index is 1.66. The van der Waals surface area contributed by atoms with Crippen LogP contribution in [0.4, 0.5) is 0 Å². The van der Waals surface area contributed by atoms with E-state index in [4.69, 9.17) is 0 Å². The van der Waals surface area contributed by atoms with Crippen molar-refractivity contribution in [3.63, 3.8) is 0 Å². The van der Waals surface area contributed by atoms with E-state index in [0.29, 0.717) is 11.4 Å². The molecule has 0 saturated heterocycles. The average Bonchev–Trinajstić information content (AvgIpc) is 3.05. The minimum absolute atomic E-state index is 0.00388. The molecule has 4 nitrogen and oxygen atoms in total. The number of hydrogen-bond donors (Lipinski definition) is 2. The fourth-order valence-corrected chi connectivity index (χ4v) is 3.94. The fourth-order valence-electron chi connectivity index (χ4n) is 1.68. The molecule has 7 heteroatoms. The van der Waals surface area contributed by atoms with Gasteiger partial charge in [-0.05, 0) is 53.5 Å². The minimum atomic E-state index is -0.203. The number of nitrogens with one attached hydrogen (secondary N) is 2. The first kappa shape index (κ1) is 16.2. The molecule has 0 bridgehead atoms. The molecule has 21 heavy (non-hydrogen) atoms. The Bertz CT molecular complexity index is 636. The van der Waals surface area contributed by atoms with Gasteiger partial charge in [0, 0.05) is 16.3 Å². The third-order valence-electron chi connectivity index (χ3n) is 2.70. The molecule has 0 aliphatic rings. The van der Waals surface area contributed by atoms with Crippen LogP contribution in [0.1, 0.15) is 19.4 Å². The van der Waals surface area contributed by atoms with Crippen molar-refractivity contribution in [3.05, 3.63) is 42.7 Å². The maximum atomic E-state index is 11.8. The van der Waals surface area contributed by atoms with Gasteiger partial charge in [0.2, 0.25) is 5.91 Å². The van der Waals surface area contributed by atoms with Crippen molar-refractivity contribution in [3.8, 4) is 0 Å². The molecular formula is C14H15BrN2O2S2. The summed E-state index contributed by atoms with van der Waals surface area (Å²) < 4.78 is 1.09. The number of thiophene rings is 2. The van der Waals surface area contributed by atoms with E-state index in [2.05, 4.69) is 26.6 Å². The maximum absolute atomic E-state index is 11.8. The van der Waals surface area contributed by atoms with Crippen molar-refractivity contribution >= 4 is 50.4 Å². The zero-order valence-corrected chi connectivity index (χ0v) is 14.7. The molecule has 0 radical (unpaired) electrons. The second-order valence-corrected chi connectivity index (χ2v) is 8.23. The van der Waals surface area contributed by atoms with E-state index in [1.54, 1.807) is 17.4 Å². The number of carbonyl (C=O) groups excluding carboxylic acids is 2. The number of carbonyl (C=O) groups is 2. The van der Waals surface area contributed by atoms with Crippen LogP contribution in [-0.2, 0) is 11.2 Å². The van der Waals surface area contributed by atoms with Crippen LogP contribution < -0.4 is 10.6 Å². The zero-order chi connectivity index (χ0) is 15.2. The van der Waals surface area contributed by atoms with Gasteiger partial charge in [-0.2, -0.15) is 0 Å². The highest BCUT2D eigenvalue weighted by Gasteiger charge is 2.09. The van der Waals surface area contributed by atoms with E-state index in [1.807, 2.05) is 25.1 Å². The van der Waals surface area contributed by atoms with Crippen molar-refractivity contribution < 1.29 is 9.59 Å². The van der Waals surface area contributed by atoms with E-state index in [9.17, 15) is 9.59 Å². The predicted octanol–water partition coefficient (Wildman–Crippen LogP) is 2.97. The van der Waals surface area contributed by atoms with Crippen LogP contribution in [0.5, 0.6) is 0 Å². The smallest absolute Gasteiger partial charge is 0.261 e. The van der Waals surface area contributed by atoms with Crippen molar-refractivity contribution in [2.75, 3.05) is 13.1 Å². The van der Waals surface area contributed by atoms with Gasteiger partial charge in [0.25, 0.3) is 5.91 Å². The van der Waals surface area contributed by atoms with E-state index < -0.39 is 0 Å². The molecule has 2 amide bonds. The SMILES string of the molecule is Cc1ccc(C(=O)NCC(=O)NCCc2ccc(Br)s2)s1. The van der Waals surface area contributed by atoms with Gasteiger partial charge in [0.1, 0.15) is 0 Å². The number of halogens is 1. The highest BCUT2D eigenvalue weighted by molar-refractivity contribution is 9.11. The Morgan fingerprint density at radius 2 is 1.95 bits per heavy atom. The van der Waals surface area contributed by atoms with Gasteiger partial charge in [-0.3, -0.25) is 9.59 Å². The van der Waals surface area contributed by atoms with Crippen molar-refractivity contribution in [1.29, 1.82) is 0 Å². The Hall–Kier alpha value is -1.18. The molecular weight excluding hydrogens is 372 g/mol. The molecule has 0 aliphatic heterocycles. The zero-order valence-electron chi connectivity index (χ0n) is 11.4. The Morgan fingerprint density at radius 1 is 1.14 bits per heavy atom. The average molecular weight is 387 g/mol. The molecule has 2 aromatic heterocycles. The Labute approximate surface area is 139 Å². The van der Waals surface area contributed by atoms with E-state index >= 15 is 0 Å². The first-order valence-corrected chi connectivity index (χ1v) is 8.83. The Kier molecular flexibility index (Phi) is 5.96. The summed E-state index contributed by atoms with van der Waals surface area (Å²) in [6.45, 7) is 2.51. The van der Waals surface area contributed by atoms with Crippen LogP contribution in [0.15, 0.2) is 28.1 Å². The molecule has 0 aromatic carbocycles. The molecule has 0 fully saturated rings. The van der Waals surface area contributed by atoms with Gasteiger partial charge < -0.3 is 10.6 Å². The van der Waals surface area contributed by atoms with Crippen LogP contribution in [0.25, 0.3) is 0 Å². The van der Waals surface area contributed by atoms with Crippen LogP contribution in [0.3, 0.4) is 0 Å². The van der Waals surface area contributed by atoms with Gasteiger partial charge in [0.05, 0.1) is 15.2 Å². The van der Waals surface area contributed by atoms with E-state index in [-0.39, 0.29) is 18.4 Å². The molecule has 0 spiro atoms. The van der Waals surface area contributed by atoms with Crippen LogP contribution in [0, 0.1) is 6.92 Å². The second-order valence-electron chi connectivity index (χ2n) is 4.40. The number of aryl methyl sites for hydroxylation is 1. The molecule has 2 aromatic rings. The summed E-state index contributed by atoms with van der Waals surface area (Å²) in [5.74, 6) is -0.377. The quantitative estimate of drug-likeness (QED) is 0.801. The second kappa shape index (κ2) is 7.72. The topological polar surface area (TPSA) is 58.2 Å². The number of amides is 2. The summed E-state index contributed by atoms with van der Waals surface area (Å²) in [6, 6.07) is 7.67. The standard InChI is InChI=1S/C14H15BrN2O2S2/c1-9-2-4-11(20-9)14(19)17-8-13(18)16-7-6-10-3-5-12(15)21-10/h2-5H,6-8H2,1H3,(H,16,18)(H,17,19). The molecule has 0 unspecified atom stereocenters. The fraction of sp³-hybridized carbons (Fsp3) is 0.286. The highest BCUT2D eigenvalue weighted by Crippen LogP contribution is 2.22. The van der Waals surface area contributed by atoms with Crippen molar-refractivity contribution in [1.82, 2.24) is 10.6 Å². The molecule has 2 rings (SSSR count). The van der Waals surface area contributed by atoms with Gasteiger partial charge in [-0.25, -0.2) is 0 Å². The van der Waals surface area contributed by atoms with Gasteiger partial charge in [0.15, 0.2) is 0 Å². The monoisotopic (exact) mass is 386 g/mol. The summed E-state index contributed by atoms with van der Waals surface area (Å²) in [5, 5.41) is 5.41.